The van der Waals surface area contributed by atoms with Crippen LogP contribution in [0.2, 0.25) is 0 Å². The van der Waals surface area contributed by atoms with E-state index in [1.165, 1.54) is 11.8 Å². The number of nitrogens with two attached hydrogens (primary N) is 1. The number of rotatable bonds is 3. The fraction of sp³-hybridized carbons (Fsp3) is 1.00. The second-order valence-corrected chi connectivity index (χ2v) is 4.42. The molecule has 1 saturated heterocycles. The Morgan fingerprint density at radius 2 is 2.06 bits per heavy atom. The van der Waals surface area contributed by atoms with Crippen LogP contribution in [0.1, 0.15) is 26.2 Å². The number of halogens is 3. The molecule has 1 aliphatic rings. The van der Waals surface area contributed by atoms with Crippen molar-refractivity contribution in [1.29, 1.82) is 0 Å². The Hall–Kier alpha value is -0.330. The molecule has 0 aliphatic carbocycles. The van der Waals surface area contributed by atoms with Crippen molar-refractivity contribution in [3.8, 4) is 0 Å². The van der Waals surface area contributed by atoms with Gasteiger partial charge in [0.2, 0.25) is 0 Å². The number of nitrogens with zero attached hydrogens (tertiary/aromatic N) is 1. The van der Waals surface area contributed by atoms with Gasteiger partial charge in [-0.05, 0) is 26.3 Å². The standard InChI is InChI=1S/C10H19F3N2O/c1-7(14)9(10(11,12)13)15-5-3-2-4-8(15)6-16/h7-9,16H,2-6,14H2,1H3. The van der Waals surface area contributed by atoms with Crippen LogP contribution < -0.4 is 5.73 Å². The maximum atomic E-state index is 12.9. The predicted molar refractivity (Wildman–Crippen MR) is 54.9 cm³/mol. The van der Waals surface area contributed by atoms with E-state index in [0.717, 1.165) is 12.8 Å². The van der Waals surface area contributed by atoms with Crippen molar-refractivity contribution in [2.75, 3.05) is 13.2 Å². The van der Waals surface area contributed by atoms with E-state index < -0.39 is 24.3 Å². The lowest BCUT2D eigenvalue weighted by atomic mass is 9.97. The van der Waals surface area contributed by atoms with Crippen LogP contribution in [0.3, 0.4) is 0 Å². The van der Waals surface area contributed by atoms with Crippen molar-refractivity contribution < 1.29 is 18.3 Å². The minimum absolute atomic E-state index is 0.237. The van der Waals surface area contributed by atoms with Crippen LogP contribution in [-0.4, -0.2) is 47.5 Å². The summed E-state index contributed by atoms with van der Waals surface area (Å²) in [6.07, 6.45) is -2.13. The molecule has 0 bridgehead atoms. The number of likely N-dealkylation sites (tertiary alicyclic amines) is 1. The van der Waals surface area contributed by atoms with E-state index in [1.54, 1.807) is 0 Å². The van der Waals surface area contributed by atoms with Crippen LogP contribution >= 0.6 is 0 Å². The SMILES string of the molecule is CC(N)C(N1CCCCC1CO)C(F)(F)F. The third-order valence-electron chi connectivity index (χ3n) is 3.07. The van der Waals surface area contributed by atoms with Gasteiger partial charge in [0.1, 0.15) is 6.04 Å². The van der Waals surface area contributed by atoms with Crippen LogP contribution in [0.25, 0.3) is 0 Å². The van der Waals surface area contributed by atoms with E-state index in [0.29, 0.717) is 13.0 Å². The molecule has 0 aromatic carbocycles. The molecular weight excluding hydrogens is 221 g/mol. The first kappa shape index (κ1) is 13.7. The minimum Gasteiger partial charge on any atom is -0.395 e. The Morgan fingerprint density at radius 3 is 2.50 bits per heavy atom. The van der Waals surface area contributed by atoms with E-state index in [2.05, 4.69) is 0 Å². The average Bonchev–Trinajstić information content (AvgIpc) is 2.15. The maximum absolute atomic E-state index is 12.9. The first-order valence-electron chi connectivity index (χ1n) is 5.56. The molecule has 0 spiro atoms. The van der Waals surface area contributed by atoms with E-state index >= 15 is 0 Å². The molecule has 0 aromatic heterocycles. The highest BCUT2D eigenvalue weighted by atomic mass is 19.4. The highest BCUT2D eigenvalue weighted by molar-refractivity contribution is 4.91. The summed E-state index contributed by atoms with van der Waals surface area (Å²) in [4.78, 5) is 1.31. The summed E-state index contributed by atoms with van der Waals surface area (Å²) in [5.41, 5.74) is 5.43. The number of aliphatic hydroxyl groups is 1. The summed E-state index contributed by atoms with van der Waals surface area (Å²) in [6, 6.07) is -3.04. The molecule has 3 atom stereocenters. The van der Waals surface area contributed by atoms with Gasteiger partial charge in [0.05, 0.1) is 6.61 Å². The molecule has 0 saturated carbocycles. The summed E-state index contributed by atoms with van der Waals surface area (Å²) < 4.78 is 38.6. The third kappa shape index (κ3) is 3.09. The van der Waals surface area contributed by atoms with Crippen molar-refractivity contribution in [1.82, 2.24) is 4.90 Å². The Labute approximate surface area is 93.4 Å². The van der Waals surface area contributed by atoms with E-state index in [9.17, 15) is 13.2 Å². The average molecular weight is 240 g/mol. The molecule has 6 heteroatoms. The Bertz CT molecular complexity index is 221. The molecule has 3 nitrogen and oxygen atoms in total. The van der Waals surface area contributed by atoms with Crippen molar-refractivity contribution in [3.63, 3.8) is 0 Å². The first-order valence-corrected chi connectivity index (χ1v) is 5.56. The lowest BCUT2D eigenvalue weighted by Crippen LogP contribution is -2.60. The normalized spacial score (nSPS) is 27.8. The van der Waals surface area contributed by atoms with Gasteiger partial charge in [-0.3, -0.25) is 4.90 Å². The summed E-state index contributed by atoms with van der Waals surface area (Å²) in [6.45, 7) is 1.48. The van der Waals surface area contributed by atoms with Gasteiger partial charge in [0, 0.05) is 12.1 Å². The quantitative estimate of drug-likeness (QED) is 0.777. The molecule has 3 N–H and O–H groups in total. The summed E-state index contributed by atoms with van der Waals surface area (Å²) in [7, 11) is 0. The molecule has 1 fully saturated rings. The molecule has 16 heavy (non-hydrogen) atoms. The summed E-state index contributed by atoms with van der Waals surface area (Å²) in [5.74, 6) is 0. The van der Waals surface area contributed by atoms with Crippen LogP contribution in [0.15, 0.2) is 0 Å². The molecule has 0 amide bonds. The summed E-state index contributed by atoms with van der Waals surface area (Å²) >= 11 is 0. The van der Waals surface area contributed by atoms with Gasteiger partial charge in [0.15, 0.2) is 0 Å². The van der Waals surface area contributed by atoms with Crippen molar-refractivity contribution in [3.05, 3.63) is 0 Å². The largest absolute Gasteiger partial charge is 0.405 e. The van der Waals surface area contributed by atoms with Crippen molar-refractivity contribution in [2.24, 2.45) is 5.73 Å². The number of hydrogen-bond donors (Lipinski definition) is 2. The van der Waals surface area contributed by atoms with Crippen LogP contribution in [0, 0.1) is 0 Å². The van der Waals surface area contributed by atoms with Crippen molar-refractivity contribution in [2.45, 2.75) is 50.5 Å². The Morgan fingerprint density at radius 1 is 1.44 bits per heavy atom. The van der Waals surface area contributed by atoms with E-state index in [-0.39, 0.29) is 6.61 Å². The van der Waals surface area contributed by atoms with Gasteiger partial charge in [-0.15, -0.1) is 0 Å². The van der Waals surface area contributed by atoms with Crippen LogP contribution in [-0.2, 0) is 0 Å². The minimum atomic E-state index is -4.33. The van der Waals surface area contributed by atoms with E-state index in [4.69, 9.17) is 10.8 Å². The molecule has 96 valence electrons. The Balaban J connectivity index is 2.83. The highest BCUT2D eigenvalue weighted by Crippen LogP contribution is 2.31. The number of aliphatic hydroxyl groups excluding tert-OH is 1. The molecule has 1 aliphatic heterocycles. The molecule has 3 unspecified atom stereocenters. The fourth-order valence-electron chi connectivity index (χ4n) is 2.37. The first-order chi connectivity index (χ1) is 7.38. The molecule has 1 rings (SSSR count). The van der Waals surface area contributed by atoms with Gasteiger partial charge >= 0.3 is 6.18 Å². The van der Waals surface area contributed by atoms with Gasteiger partial charge in [-0.2, -0.15) is 13.2 Å². The number of alkyl halides is 3. The lowest BCUT2D eigenvalue weighted by molar-refractivity contribution is -0.199. The van der Waals surface area contributed by atoms with Gasteiger partial charge < -0.3 is 10.8 Å². The van der Waals surface area contributed by atoms with E-state index in [1.807, 2.05) is 0 Å². The fourth-order valence-corrected chi connectivity index (χ4v) is 2.37. The highest BCUT2D eigenvalue weighted by Gasteiger charge is 2.48. The maximum Gasteiger partial charge on any atom is 0.405 e. The zero-order chi connectivity index (χ0) is 12.3. The molecule has 1 heterocycles. The zero-order valence-corrected chi connectivity index (χ0v) is 9.37. The second kappa shape index (κ2) is 5.33. The number of piperidine rings is 1. The molecular formula is C10H19F3N2O. The van der Waals surface area contributed by atoms with Crippen LogP contribution in [0.5, 0.6) is 0 Å². The number of hydrogen-bond acceptors (Lipinski definition) is 3. The third-order valence-corrected chi connectivity index (χ3v) is 3.07. The molecule has 0 aromatic rings. The molecule has 0 radical (unpaired) electrons. The summed E-state index contributed by atoms with van der Waals surface area (Å²) in [5, 5.41) is 9.11. The second-order valence-electron chi connectivity index (χ2n) is 4.42. The van der Waals surface area contributed by atoms with Crippen LogP contribution in [0.4, 0.5) is 13.2 Å². The van der Waals surface area contributed by atoms with Gasteiger partial charge in [0.25, 0.3) is 0 Å². The lowest BCUT2D eigenvalue weighted by Gasteiger charge is -2.42. The predicted octanol–water partition coefficient (Wildman–Crippen LogP) is 1.11. The van der Waals surface area contributed by atoms with Crippen molar-refractivity contribution >= 4 is 0 Å². The van der Waals surface area contributed by atoms with Gasteiger partial charge in [-0.1, -0.05) is 6.42 Å². The van der Waals surface area contributed by atoms with Gasteiger partial charge in [-0.25, -0.2) is 0 Å². The Kier molecular flexibility index (Phi) is 4.58. The smallest absolute Gasteiger partial charge is 0.395 e. The topological polar surface area (TPSA) is 49.5 Å². The monoisotopic (exact) mass is 240 g/mol. The zero-order valence-electron chi connectivity index (χ0n) is 9.37.